The van der Waals surface area contributed by atoms with Gasteiger partial charge in [-0.25, -0.2) is 0 Å². The van der Waals surface area contributed by atoms with Gasteiger partial charge in [-0.2, -0.15) is 0 Å². The molecule has 1 saturated carbocycles. The van der Waals surface area contributed by atoms with E-state index in [1.54, 1.807) is 0 Å². The van der Waals surface area contributed by atoms with E-state index in [9.17, 15) is 0 Å². The molecule has 0 aliphatic heterocycles. The highest BCUT2D eigenvalue weighted by molar-refractivity contribution is 9.10. The van der Waals surface area contributed by atoms with Gasteiger partial charge in [0.05, 0.1) is 0 Å². The zero-order valence-electron chi connectivity index (χ0n) is 13.8. The average molecular weight is 352 g/mol. The lowest BCUT2D eigenvalue weighted by Gasteiger charge is -2.44. The molecule has 0 amide bonds. The van der Waals surface area contributed by atoms with E-state index in [-0.39, 0.29) is 0 Å². The lowest BCUT2D eigenvalue weighted by atomic mass is 9.65. The highest BCUT2D eigenvalue weighted by Gasteiger charge is 2.37. The van der Waals surface area contributed by atoms with Crippen molar-refractivity contribution in [2.45, 2.75) is 65.3 Å². The summed E-state index contributed by atoms with van der Waals surface area (Å²) >= 11 is 3.60. The van der Waals surface area contributed by atoms with Gasteiger partial charge in [-0.05, 0) is 61.3 Å². The maximum atomic E-state index is 3.85. The standard InChI is InChI=1S/C19H30BrN/c1-4-12-21-18(14-15-8-7-9-16(20)13-15)17-10-5-6-11-19(17,2)3/h7-9,13,17-18,21H,4-6,10-12,14H2,1-3H3. The van der Waals surface area contributed by atoms with E-state index >= 15 is 0 Å². The molecule has 2 atom stereocenters. The Hall–Kier alpha value is -0.340. The molecule has 2 heteroatoms. The minimum absolute atomic E-state index is 0.468. The van der Waals surface area contributed by atoms with Crippen molar-refractivity contribution < 1.29 is 0 Å². The van der Waals surface area contributed by atoms with Crippen molar-refractivity contribution in [1.29, 1.82) is 0 Å². The smallest absolute Gasteiger partial charge is 0.0178 e. The van der Waals surface area contributed by atoms with Crippen molar-refractivity contribution in [3.05, 3.63) is 34.3 Å². The third-order valence-corrected chi connectivity index (χ3v) is 5.57. The van der Waals surface area contributed by atoms with E-state index in [0.717, 1.165) is 18.9 Å². The van der Waals surface area contributed by atoms with Crippen LogP contribution in [-0.4, -0.2) is 12.6 Å². The van der Waals surface area contributed by atoms with Crippen molar-refractivity contribution in [1.82, 2.24) is 5.32 Å². The van der Waals surface area contributed by atoms with Crippen LogP contribution >= 0.6 is 15.9 Å². The minimum Gasteiger partial charge on any atom is -0.313 e. The predicted molar refractivity (Wildman–Crippen MR) is 95.7 cm³/mol. The van der Waals surface area contributed by atoms with Gasteiger partial charge in [-0.3, -0.25) is 0 Å². The molecule has 1 N–H and O–H groups in total. The molecule has 1 fully saturated rings. The molecule has 1 aliphatic carbocycles. The zero-order valence-corrected chi connectivity index (χ0v) is 15.4. The Kier molecular flexibility index (Phi) is 6.31. The lowest BCUT2D eigenvalue weighted by Crippen LogP contribution is -2.46. The van der Waals surface area contributed by atoms with Crippen molar-refractivity contribution in [3.63, 3.8) is 0 Å². The fourth-order valence-corrected chi connectivity index (χ4v) is 4.32. The van der Waals surface area contributed by atoms with Gasteiger partial charge in [0.1, 0.15) is 0 Å². The second kappa shape index (κ2) is 7.78. The van der Waals surface area contributed by atoms with Gasteiger partial charge in [0.15, 0.2) is 0 Å². The van der Waals surface area contributed by atoms with Crippen LogP contribution in [0.2, 0.25) is 0 Å². The fourth-order valence-electron chi connectivity index (χ4n) is 3.87. The topological polar surface area (TPSA) is 12.0 Å². The zero-order chi connectivity index (χ0) is 15.3. The molecule has 1 aliphatic rings. The molecule has 2 unspecified atom stereocenters. The first-order valence-corrected chi connectivity index (χ1v) is 9.30. The molecule has 118 valence electrons. The summed E-state index contributed by atoms with van der Waals surface area (Å²) in [6, 6.07) is 9.41. The Morgan fingerprint density at radius 3 is 2.81 bits per heavy atom. The summed E-state index contributed by atoms with van der Waals surface area (Å²) in [4.78, 5) is 0. The number of hydrogen-bond acceptors (Lipinski definition) is 1. The maximum Gasteiger partial charge on any atom is 0.0178 e. The first kappa shape index (κ1) is 17.0. The van der Waals surface area contributed by atoms with Crippen molar-refractivity contribution in [2.24, 2.45) is 11.3 Å². The van der Waals surface area contributed by atoms with Crippen LogP contribution in [0.5, 0.6) is 0 Å². The lowest BCUT2D eigenvalue weighted by molar-refractivity contribution is 0.0981. The third-order valence-electron chi connectivity index (χ3n) is 5.08. The summed E-state index contributed by atoms with van der Waals surface area (Å²) in [6.45, 7) is 8.33. The van der Waals surface area contributed by atoms with E-state index in [0.29, 0.717) is 11.5 Å². The molecule has 0 saturated heterocycles. The highest BCUT2D eigenvalue weighted by Crippen LogP contribution is 2.43. The third kappa shape index (κ3) is 4.82. The normalized spacial score (nSPS) is 23.0. The van der Waals surface area contributed by atoms with Crippen LogP contribution < -0.4 is 5.32 Å². The second-order valence-electron chi connectivity index (χ2n) is 7.24. The van der Waals surface area contributed by atoms with Crippen LogP contribution in [0.3, 0.4) is 0 Å². The predicted octanol–water partition coefficient (Wildman–Crippen LogP) is 5.58. The maximum absolute atomic E-state index is 3.85. The van der Waals surface area contributed by atoms with Crippen molar-refractivity contribution in [2.75, 3.05) is 6.54 Å². The second-order valence-corrected chi connectivity index (χ2v) is 8.15. The van der Waals surface area contributed by atoms with Crippen LogP contribution in [-0.2, 0) is 6.42 Å². The molecule has 0 heterocycles. The molecule has 0 bridgehead atoms. The summed E-state index contributed by atoms with van der Waals surface area (Å²) in [7, 11) is 0. The molecule has 0 radical (unpaired) electrons. The Balaban J connectivity index is 2.13. The van der Waals surface area contributed by atoms with Gasteiger partial charge >= 0.3 is 0 Å². The van der Waals surface area contributed by atoms with E-state index < -0.39 is 0 Å². The van der Waals surface area contributed by atoms with Gasteiger partial charge < -0.3 is 5.32 Å². The molecule has 21 heavy (non-hydrogen) atoms. The Bertz CT molecular complexity index is 441. The van der Waals surface area contributed by atoms with Crippen molar-refractivity contribution in [3.8, 4) is 0 Å². The summed E-state index contributed by atoms with van der Waals surface area (Å²) in [5, 5.41) is 3.85. The summed E-state index contributed by atoms with van der Waals surface area (Å²) in [6.07, 6.45) is 7.91. The van der Waals surface area contributed by atoms with Gasteiger partial charge in [-0.1, -0.05) is 61.7 Å². The number of halogens is 1. The Morgan fingerprint density at radius 1 is 1.33 bits per heavy atom. The number of hydrogen-bond donors (Lipinski definition) is 1. The number of rotatable bonds is 6. The Morgan fingerprint density at radius 2 is 2.14 bits per heavy atom. The van der Waals surface area contributed by atoms with Crippen molar-refractivity contribution >= 4 is 15.9 Å². The molecule has 0 aromatic heterocycles. The first-order chi connectivity index (χ1) is 10.0. The van der Waals surface area contributed by atoms with Crippen LogP contribution in [0, 0.1) is 11.3 Å². The first-order valence-electron chi connectivity index (χ1n) is 8.51. The van der Waals surface area contributed by atoms with Crippen LogP contribution in [0.4, 0.5) is 0 Å². The van der Waals surface area contributed by atoms with Crippen LogP contribution in [0.15, 0.2) is 28.7 Å². The largest absolute Gasteiger partial charge is 0.313 e. The molecule has 1 aromatic rings. The van der Waals surface area contributed by atoms with Gasteiger partial charge in [0.2, 0.25) is 0 Å². The number of benzene rings is 1. The summed E-state index contributed by atoms with van der Waals surface area (Å²) < 4.78 is 1.19. The molecule has 0 spiro atoms. The van der Waals surface area contributed by atoms with Crippen LogP contribution in [0.25, 0.3) is 0 Å². The quantitative estimate of drug-likeness (QED) is 0.705. The van der Waals surface area contributed by atoms with E-state index in [1.165, 1.54) is 42.1 Å². The average Bonchev–Trinajstić information content (AvgIpc) is 2.43. The molecule has 1 nitrogen and oxygen atoms in total. The monoisotopic (exact) mass is 351 g/mol. The van der Waals surface area contributed by atoms with Gasteiger partial charge in [-0.15, -0.1) is 0 Å². The fraction of sp³-hybridized carbons (Fsp3) is 0.684. The van der Waals surface area contributed by atoms with Gasteiger partial charge in [0.25, 0.3) is 0 Å². The highest BCUT2D eigenvalue weighted by atomic mass is 79.9. The van der Waals surface area contributed by atoms with E-state index in [4.69, 9.17) is 0 Å². The SMILES string of the molecule is CCCNC(Cc1cccc(Br)c1)C1CCCCC1(C)C. The Labute approximate surface area is 139 Å². The minimum atomic E-state index is 0.468. The summed E-state index contributed by atoms with van der Waals surface area (Å²) in [5.41, 5.74) is 1.91. The summed E-state index contributed by atoms with van der Waals surface area (Å²) in [5.74, 6) is 0.789. The molecular weight excluding hydrogens is 322 g/mol. The molecule has 2 rings (SSSR count). The van der Waals surface area contributed by atoms with E-state index in [2.05, 4.69) is 66.3 Å². The van der Waals surface area contributed by atoms with Gasteiger partial charge in [0, 0.05) is 10.5 Å². The van der Waals surface area contributed by atoms with E-state index in [1.807, 2.05) is 0 Å². The van der Waals surface area contributed by atoms with Crippen LogP contribution in [0.1, 0.15) is 58.4 Å². The molecule has 1 aromatic carbocycles. The number of nitrogens with one attached hydrogen (secondary N) is 1. The molecular formula is C19H30BrN.